The fourth-order valence-electron chi connectivity index (χ4n) is 5.33. The highest BCUT2D eigenvalue weighted by Crippen LogP contribution is 2.48. The second-order valence-corrected chi connectivity index (χ2v) is 12.1. The van der Waals surface area contributed by atoms with Gasteiger partial charge in [0, 0.05) is 31.6 Å². The quantitative estimate of drug-likeness (QED) is 0.499. The molecule has 0 aromatic rings. The van der Waals surface area contributed by atoms with Crippen LogP contribution in [0.1, 0.15) is 65.7 Å². The molecule has 1 N–H and O–H groups in total. The van der Waals surface area contributed by atoms with Crippen molar-refractivity contribution in [2.45, 2.75) is 88.4 Å². The van der Waals surface area contributed by atoms with E-state index in [1.807, 2.05) is 19.9 Å². The SMILES string of the molecule is CC[C@H](C)C(=O)OC1C[C@H](O)C=C2C=C[C@H](C)[C@H](CC[C@]3(S(=O)(=O)C(F)(F)F)CCCC(=O)O3)[C@H]21. The zero-order valence-corrected chi connectivity index (χ0v) is 20.9. The van der Waals surface area contributed by atoms with Gasteiger partial charge in [-0.3, -0.25) is 9.59 Å². The van der Waals surface area contributed by atoms with Crippen molar-refractivity contribution in [3.63, 3.8) is 0 Å². The van der Waals surface area contributed by atoms with Gasteiger partial charge in [0.1, 0.15) is 6.10 Å². The standard InChI is InChI=1S/C24H33F3O7S/c1-4-14(2)22(30)33-19-13-17(28)12-16-8-7-15(3)18(21(16)19)9-11-23(10-5-6-20(29)34-23)35(31,32)24(25,26)27/h7-8,12,14-15,17-19,21,28H,4-6,9-11,13H2,1-3H3/t14-,15-,17+,18-,19?,21-,23+/m0/s1. The maximum absolute atomic E-state index is 13.6. The van der Waals surface area contributed by atoms with Crippen LogP contribution in [-0.4, -0.2) is 48.1 Å². The van der Waals surface area contributed by atoms with Gasteiger partial charge in [-0.1, -0.05) is 39.0 Å². The Balaban J connectivity index is 1.93. The molecular formula is C24H33F3O7S. The van der Waals surface area contributed by atoms with Gasteiger partial charge >= 0.3 is 17.4 Å². The van der Waals surface area contributed by atoms with E-state index >= 15 is 0 Å². The average molecular weight is 523 g/mol. The number of rotatable bonds is 7. The number of fused-ring (bicyclic) bond motifs is 1. The summed E-state index contributed by atoms with van der Waals surface area (Å²) in [7, 11) is -5.80. The largest absolute Gasteiger partial charge is 0.501 e. The summed E-state index contributed by atoms with van der Waals surface area (Å²) in [6.45, 7) is 5.42. The third-order valence-corrected chi connectivity index (χ3v) is 9.63. The lowest BCUT2D eigenvalue weighted by atomic mass is 9.66. The molecule has 0 aromatic heterocycles. The molecule has 1 heterocycles. The summed E-state index contributed by atoms with van der Waals surface area (Å²) < 4.78 is 76.5. The van der Waals surface area contributed by atoms with E-state index in [1.54, 1.807) is 19.1 Å². The molecule has 1 saturated heterocycles. The monoisotopic (exact) mass is 522 g/mol. The number of carbonyl (C=O) groups is 2. The van der Waals surface area contributed by atoms with Gasteiger partial charge in [-0.15, -0.1) is 0 Å². The Morgan fingerprint density at radius 2 is 2.06 bits per heavy atom. The minimum atomic E-state index is -5.80. The summed E-state index contributed by atoms with van der Waals surface area (Å²) in [4.78, 5) is 21.8. The van der Waals surface area contributed by atoms with Gasteiger partial charge in [0.15, 0.2) is 0 Å². The van der Waals surface area contributed by atoms with Crippen molar-refractivity contribution in [1.82, 2.24) is 0 Å². The van der Waals surface area contributed by atoms with Gasteiger partial charge in [-0.05, 0) is 36.7 Å². The number of aliphatic hydroxyl groups is 1. The molecule has 3 aliphatic rings. The molecule has 0 amide bonds. The molecule has 11 heteroatoms. The fourth-order valence-corrected chi connectivity index (χ4v) is 6.75. The number of carbonyl (C=O) groups excluding carboxylic acids is 2. The molecule has 3 rings (SSSR count). The van der Waals surface area contributed by atoms with Crippen molar-refractivity contribution in [1.29, 1.82) is 0 Å². The number of aliphatic hydroxyl groups excluding tert-OH is 1. The Hall–Kier alpha value is -1.88. The number of cyclic esters (lactones) is 1. The highest BCUT2D eigenvalue weighted by Gasteiger charge is 2.62. The first-order chi connectivity index (χ1) is 16.2. The predicted octanol–water partition coefficient (Wildman–Crippen LogP) is 4.21. The molecule has 0 spiro atoms. The van der Waals surface area contributed by atoms with Crippen molar-refractivity contribution in [3.05, 3.63) is 23.8 Å². The van der Waals surface area contributed by atoms with E-state index in [2.05, 4.69) is 0 Å². The van der Waals surface area contributed by atoms with Crippen molar-refractivity contribution in [2.24, 2.45) is 23.7 Å². The highest BCUT2D eigenvalue weighted by atomic mass is 32.2. The Labute approximate surface area is 203 Å². The van der Waals surface area contributed by atoms with Crippen molar-refractivity contribution in [3.8, 4) is 0 Å². The summed E-state index contributed by atoms with van der Waals surface area (Å²) in [5.74, 6) is -2.77. The molecule has 35 heavy (non-hydrogen) atoms. The first kappa shape index (κ1) is 27.7. The van der Waals surface area contributed by atoms with E-state index in [0.29, 0.717) is 12.0 Å². The van der Waals surface area contributed by atoms with E-state index in [9.17, 15) is 36.3 Å². The van der Waals surface area contributed by atoms with Crippen LogP contribution in [0.3, 0.4) is 0 Å². The second-order valence-electron chi connectivity index (χ2n) is 9.89. The minimum Gasteiger partial charge on any atom is -0.461 e. The first-order valence-corrected chi connectivity index (χ1v) is 13.5. The lowest BCUT2D eigenvalue weighted by Gasteiger charge is -2.44. The van der Waals surface area contributed by atoms with E-state index in [4.69, 9.17) is 9.47 Å². The van der Waals surface area contributed by atoms with E-state index < -0.39 is 69.1 Å². The molecule has 0 saturated carbocycles. The second kappa shape index (κ2) is 10.2. The van der Waals surface area contributed by atoms with Crippen LogP contribution in [0, 0.1) is 23.7 Å². The molecule has 2 aliphatic carbocycles. The number of allylic oxidation sites excluding steroid dienone is 2. The summed E-state index contributed by atoms with van der Waals surface area (Å²) >= 11 is 0. The van der Waals surface area contributed by atoms with Crippen LogP contribution < -0.4 is 0 Å². The Morgan fingerprint density at radius 3 is 2.66 bits per heavy atom. The van der Waals surface area contributed by atoms with E-state index in [-0.39, 0.29) is 37.5 Å². The zero-order valence-electron chi connectivity index (χ0n) is 20.1. The fraction of sp³-hybridized carbons (Fsp3) is 0.750. The van der Waals surface area contributed by atoms with Gasteiger partial charge < -0.3 is 14.6 Å². The summed E-state index contributed by atoms with van der Waals surface area (Å²) in [5, 5.41) is 10.3. The Morgan fingerprint density at radius 1 is 1.37 bits per heavy atom. The minimum absolute atomic E-state index is 0.0103. The molecule has 7 nitrogen and oxygen atoms in total. The van der Waals surface area contributed by atoms with Crippen LogP contribution in [0.4, 0.5) is 13.2 Å². The summed E-state index contributed by atoms with van der Waals surface area (Å²) in [6, 6.07) is 0. The average Bonchev–Trinajstić information content (AvgIpc) is 2.77. The Kier molecular flexibility index (Phi) is 8.10. The van der Waals surface area contributed by atoms with Gasteiger partial charge in [-0.2, -0.15) is 13.2 Å². The zero-order chi connectivity index (χ0) is 26.2. The summed E-state index contributed by atoms with van der Waals surface area (Å²) in [5.41, 5.74) is -4.88. The topological polar surface area (TPSA) is 107 Å². The number of ether oxygens (including phenoxy) is 2. The normalized spacial score (nSPS) is 34.4. The molecule has 7 atom stereocenters. The number of alkyl halides is 3. The smallest absolute Gasteiger partial charge is 0.461 e. The predicted molar refractivity (Wildman–Crippen MR) is 120 cm³/mol. The van der Waals surface area contributed by atoms with Crippen LogP contribution in [0.2, 0.25) is 0 Å². The van der Waals surface area contributed by atoms with Gasteiger partial charge in [0.05, 0.1) is 12.0 Å². The van der Waals surface area contributed by atoms with Crippen molar-refractivity contribution in [2.75, 3.05) is 0 Å². The van der Waals surface area contributed by atoms with Crippen molar-refractivity contribution >= 4 is 21.8 Å². The number of halogens is 3. The van der Waals surface area contributed by atoms with Crippen LogP contribution in [0.5, 0.6) is 0 Å². The molecule has 0 bridgehead atoms. The molecule has 1 fully saturated rings. The van der Waals surface area contributed by atoms with E-state index in [1.165, 1.54) is 0 Å². The molecule has 0 radical (unpaired) electrons. The molecule has 1 unspecified atom stereocenters. The lowest BCUT2D eigenvalue weighted by molar-refractivity contribution is -0.162. The van der Waals surface area contributed by atoms with Crippen LogP contribution in [-0.2, 0) is 28.9 Å². The van der Waals surface area contributed by atoms with Crippen molar-refractivity contribution < 1.29 is 45.8 Å². The molecule has 0 aromatic carbocycles. The van der Waals surface area contributed by atoms with Crippen LogP contribution >= 0.6 is 0 Å². The number of sulfone groups is 1. The van der Waals surface area contributed by atoms with Crippen LogP contribution in [0.25, 0.3) is 0 Å². The molecule has 198 valence electrons. The number of esters is 2. The van der Waals surface area contributed by atoms with Gasteiger partial charge in [0.2, 0.25) is 4.93 Å². The third kappa shape index (κ3) is 5.45. The summed E-state index contributed by atoms with van der Waals surface area (Å²) in [6.07, 6.45) is 3.27. The number of hydrogen-bond acceptors (Lipinski definition) is 7. The first-order valence-electron chi connectivity index (χ1n) is 12.0. The lowest BCUT2D eigenvalue weighted by Crippen LogP contribution is -2.52. The van der Waals surface area contributed by atoms with Gasteiger partial charge in [0.25, 0.3) is 9.84 Å². The maximum Gasteiger partial charge on any atom is 0.501 e. The number of hydrogen-bond donors (Lipinski definition) is 1. The van der Waals surface area contributed by atoms with Gasteiger partial charge in [-0.25, -0.2) is 8.42 Å². The maximum atomic E-state index is 13.6. The Bertz CT molecular complexity index is 988. The van der Waals surface area contributed by atoms with E-state index in [0.717, 1.165) is 0 Å². The molecule has 1 aliphatic heterocycles. The highest BCUT2D eigenvalue weighted by molar-refractivity contribution is 7.93. The third-order valence-electron chi connectivity index (χ3n) is 7.55. The molecular weight excluding hydrogens is 489 g/mol. The van der Waals surface area contributed by atoms with Crippen LogP contribution in [0.15, 0.2) is 23.8 Å².